The van der Waals surface area contributed by atoms with Crippen LogP contribution in [0.3, 0.4) is 0 Å². The van der Waals surface area contributed by atoms with Crippen LogP contribution in [0.5, 0.6) is 0 Å². The van der Waals surface area contributed by atoms with Crippen molar-refractivity contribution in [3.63, 3.8) is 0 Å². The molecular weight excluding hydrogens is 395 g/mol. The van der Waals surface area contributed by atoms with E-state index in [1.807, 2.05) is 29.1 Å². The minimum Gasteiger partial charge on any atom is -0.355 e. The molecule has 2 aromatic heterocycles. The molecule has 0 saturated heterocycles. The van der Waals surface area contributed by atoms with Gasteiger partial charge in [0.2, 0.25) is 0 Å². The molecule has 7 heteroatoms. The Kier molecular flexibility index (Phi) is 5.08. The number of benzene rings is 2. The van der Waals surface area contributed by atoms with Gasteiger partial charge in [0, 0.05) is 22.9 Å². The first-order valence-corrected chi connectivity index (χ1v) is 10.3. The van der Waals surface area contributed by atoms with Crippen molar-refractivity contribution in [2.45, 2.75) is 31.8 Å². The number of aromatic nitrogens is 3. The summed E-state index contributed by atoms with van der Waals surface area (Å²) in [6.07, 6.45) is 4.61. The molecular formula is C24H21FN4O2. The van der Waals surface area contributed by atoms with Crippen LogP contribution >= 0.6 is 0 Å². The quantitative estimate of drug-likeness (QED) is 0.519. The molecule has 1 N–H and O–H groups in total. The van der Waals surface area contributed by atoms with Crippen molar-refractivity contribution in [1.82, 2.24) is 20.3 Å². The fourth-order valence-electron chi connectivity index (χ4n) is 4.03. The summed E-state index contributed by atoms with van der Waals surface area (Å²) in [5.41, 5.74) is 4.26. The molecule has 2 heterocycles. The third-order valence-corrected chi connectivity index (χ3v) is 5.61. The van der Waals surface area contributed by atoms with Crippen LogP contribution in [0.25, 0.3) is 11.3 Å². The average Bonchev–Trinajstić information content (AvgIpc) is 3.44. The Morgan fingerprint density at radius 2 is 1.97 bits per heavy atom. The van der Waals surface area contributed by atoms with Gasteiger partial charge >= 0.3 is 0 Å². The van der Waals surface area contributed by atoms with Crippen molar-refractivity contribution in [2.75, 3.05) is 0 Å². The van der Waals surface area contributed by atoms with Crippen LogP contribution < -0.4 is 5.32 Å². The molecule has 6 nitrogen and oxygen atoms in total. The van der Waals surface area contributed by atoms with Gasteiger partial charge in [0.1, 0.15) is 5.82 Å². The number of halogens is 1. The number of hydrogen-bond donors (Lipinski definition) is 1. The molecule has 1 atom stereocenters. The third kappa shape index (κ3) is 3.99. The van der Waals surface area contributed by atoms with E-state index >= 15 is 0 Å². The largest absolute Gasteiger partial charge is 0.355 e. The zero-order valence-corrected chi connectivity index (χ0v) is 16.8. The topological polar surface area (TPSA) is 73.0 Å². The Morgan fingerprint density at radius 3 is 2.77 bits per heavy atom. The summed E-state index contributed by atoms with van der Waals surface area (Å²) in [5, 5.41) is 11.5. The highest BCUT2D eigenvalue weighted by Crippen LogP contribution is 2.30. The van der Waals surface area contributed by atoms with Gasteiger partial charge in [0.25, 0.3) is 5.91 Å². The summed E-state index contributed by atoms with van der Waals surface area (Å²) in [6, 6.07) is 17.5. The maximum atomic E-state index is 13.1. The molecule has 4 aromatic rings. The Bertz CT molecular complexity index is 1200. The first kappa shape index (κ1) is 19.2. The highest BCUT2D eigenvalue weighted by molar-refractivity contribution is 5.93. The molecule has 0 fully saturated rings. The van der Waals surface area contributed by atoms with Crippen molar-refractivity contribution in [1.29, 1.82) is 0 Å². The second-order valence-corrected chi connectivity index (χ2v) is 7.69. The van der Waals surface area contributed by atoms with Gasteiger partial charge in [0.05, 0.1) is 18.8 Å². The van der Waals surface area contributed by atoms with Gasteiger partial charge in [-0.25, -0.2) is 4.39 Å². The molecule has 0 saturated carbocycles. The van der Waals surface area contributed by atoms with E-state index in [9.17, 15) is 9.18 Å². The molecule has 1 aliphatic rings. The lowest BCUT2D eigenvalue weighted by atomic mass is 9.92. The zero-order valence-electron chi connectivity index (χ0n) is 16.8. The highest BCUT2D eigenvalue weighted by Gasteiger charge is 2.27. The lowest BCUT2D eigenvalue weighted by Gasteiger charge is -2.24. The molecule has 0 spiro atoms. The molecule has 0 radical (unpaired) electrons. The smallest absolute Gasteiger partial charge is 0.273 e. The summed E-state index contributed by atoms with van der Waals surface area (Å²) in [5.74, 6) is -0.210. The van der Waals surface area contributed by atoms with Gasteiger partial charge in [0.15, 0.2) is 11.5 Å². The minimum absolute atomic E-state index is 0.119. The van der Waals surface area contributed by atoms with E-state index in [0.29, 0.717) is 17.9 Å². The number of rotatable bonds is 5. The van der Waals surface area contributed by atoms with Crippen LogP contribution in [0.15, 0.2) is 71.4 Å². The Hall–Kier alpha value is -3.74. The fraction of sp³-hybridized carbons (Fsp3) is 0.208. The van der Waals surface area contributed by atoms with Crippen LogP contribution in [0, 0.1) is 5.82 Å². The predicted molar refractivity (Wildman–Crippen MR) is 113 cm³/mol. The molecule has 0 unspecified atom stereocenters. The van der Waals surface area contributed by atoms with Crippen LogP contribution in [-0.2, 0) is 13.0 Å². The molecule has 5 rings (SSSR count). The van der Waals surface area contributed by atoms with Crippen molar-refractivity contribution < 1.29 is 13.7 Å². The molecule has 156 valence electrons. The SMILES string of the molecule is O=C(N[C@H]1CCCc2c1cnn2Cc1ccccc1)c1cc(-c2ccc(F)cc2)on1. The van der Waals surface area contributed by atoms with Crippen molar-refractivity contribution >= 4 is 5.91 Å². The van der Waals surface area contributed by atoms with E-state index in [-0.39, 0.29) is 23.5 Å². The second kappa shape index (κ2) is 8.18. The molecule has 31 heavy (non-hydrogen) atoms. The number of fused-ring (bicyclic) bond motifs is 1. The molecule has 1 amide bonds. The normalized spacial score (nSPS) is 15.5. The number of carbonyl (C=O) groups excluding carboxylic acids is 1. The van der Waals surface area contributed by atoms with E-state index in [4.69, 9.17) is 4.52 Å². The van der Waals surface area contributed by atoms with E-state index in [2.05, 4.69) is 27.7 Å². The fourth-order valence-corrected chi connectivity index (χ4v) is 4.03. The summed E-state index contributed by atoms with van der Waals surface area (Å²) in [4.78, 5) is 12.8. The van der Waals surface area contributed by atoms with Crippen LogP contribution in [0.4, 0.5) is 4.39 Å². The van der Waals surface area contributed by atoms with Crippen molar-refractivity contribution in [3.8, 4) is 11.3 Å². The van der Waals surface area contributed by atoms with Crippen molar-refractivity contribution in [2.24, 2.45) is 0 Å². The van der Waals surface area contributed by atoms with Gasteiger partial charge < -0.3 is 9.84 Å². The summed E-state index contributed by atoms with van der Waals surface area (Å²) in [6.45, 7) is 0.709. The molecule has 2 aromatic carbocycles. The molecule has 1 aliphatic carbocycles. The van der Waals surface area contributed by atoms with Crippen LogP contribution in [0.1, 0.15) is 46.2 Å². The lowest BCUT2D eigenvalue weighted by molar-refractivity contribution is 0.0923. The highest BCUT2D eigenvalue weighted by atomic mass is 19.1. The first-order valence-electron chi connectivity index (χ1n) is 10.3. The number of amides is 1. The molecule has 0 bridgehead atoms. The Labute approximate surface area is 178 Å². The number of hydrogen-bond acceptors (Lipinski definition) is 4. The van der Waals surface area contributed by atoms with E-state index in [0.717, 1.165) is 30.5 Å². The minimum atomic E-state index is -0.331. The van der Waals surface area contributed by atoms with Crippen LogP contribution in [0.2, 0.25) is 0 Å². The Morgan fingerprint density at radius 1 is 1.16 bits per heavy atom. The number of carbonyl (C=O) groups is 1. The summed E-state index contributed by atoms with van der Waals surface area (Å²) >= 11 is 0. The Balaban J connectivity index is 1.31. The van der Waals surface area contributed by atoms with E-state index in [1.165, 1.54) is 17.7 Å². The third-order valence-electron chi connectivity index (χ3n) is 5.61. The van der Waals surface area contributed by atoms with E-state index in [1.54, 1.807) is 18.2 Å². The maximum absolute atomic E-state index is 13.1. The van der Waals surface area contributed by atoms with Gasteiger partial charge in [-0.05, 0) is 49.1 Å². The van der Waals surface area contributed by atoms with Crippen molar-refractivity contribution in [3.05, 3.63) is 95.2 Å². The van der Waals surface area contributed by atoms with Gasteiger partial charge in [-0.1, -0.05) is 35.5 Å². The number of nitrogens with one attached hydrogen (secondary N) is 1. The monoisotopic (exact) mass is 416 g/mol. The molecule has 0 aliphatic heterocycles. The summed E-state index contributed by atoms with van der Waals surface area (Å²) in [7, 11) is 0. The second-order valence-electron chi connectivity index (χ2n) is 7.69. The van der Waals surface area contributed by atoms with Gasteiger partial charge in [-0.2, -0.15) is 5.10 Å². The van der Waals surface area contributed by atoms with Gasteiger partial charge in [-0.3, -0.25) is 9.48 Å². The average molecular weight is 416 g/mol. The zero-order chi connectivity index (χ0) is 21.2. The van der Waals surface area contributed by atoms with E-state index < -0.39 is 0 Å². The maximum Gasteiger partial charge on any atom is 0.273 e. The lowest BCUT2D eigenvalue weighted by Crippen LogP contribution is -2.31. The number of nitrogens with zero attached hydrogens (tertiary/aromatic N) is 3. The predicted octanol–water partition coefficient (Wildman–Crippen LogP) is 4.53. The summed E-state index contributed by atoms with van der Waals surface area (Å²) < 4.78 is 20.4. The first-order chi connectivity index (χ1) is 15.2. The standard InChI is InChI=1S/C24H21FN4O2/c25-18-11-9-17(10-12-18)23-13-21(28-31-23)24(30)27-20-7-4-8-22-19(20)14-26-29(22)15-16-5-2-1-3-6-16/h1-3,5-6,9-14,20H,4,7-8,15H2,(H,27,30)/t20-/m0/s1. The van der Waals surface area contributed by atoms with Crippen LogP contribution in [-0.4, -0.2) is 20.8 Å². The van der Waals surface area contributed by atoms with Gasteiger partial charge in [-0.15, -0.1) is 0 Å².